The molecule has 1 atom stereocenters. The lowest BCUT2D eigenvalue weighted by atomic mass is 10.1. The molecule has 0 saturated carbocycles. The summed E-state index contributed by atoms with van der Waals surface area (Å²) in [6.45, 7) is 0.204. The number of sulfone groups is 1. The van der Waals surface area contributed by atoms with Gasteiger partial charge in [0, 0.05) is 11.9 Å². The van der Waals surface area contributed by atoms with Crippen LogP contribution in [-0.4, -0.2) is 49.9 Å². The molecule has 0 unspecified atom stereocenters. The van der Waals surface area contributed by atoms with Crippen LogP contribution in [0.2, 0.25) is 0 Å². The largest absolute Gasteiger partial charge is 0.426 e. The first-order chi connectivity index (χ1) is 14.7. The molecule has 2 aromatic rings. The number of carbonyl (C=O) groups excluding carboxylic acids is 2. The van der Waals surface area contributed by atoms with Crippen LogP contribution in [0.1, 0.15) is 6.92 Å². The highest BCUT2D eigenvalue weighted by Gasteiger charge is 2.55. The second kappa shape index (κ2) is 9.46. The first kappa shape index (κ1) is 25.6. The third-order valence-electron chi connectivity index (χ3n) is 4.28. The highest BCUT2D eigenvalue weighted by Crippen LogP contribution is 2.32. The van der Waals surface area contributed by atoms with Crippen LogP contribution in [-0.2, 0) is 19.4 Å². The van der Waals surface area contributed by atoms with Crippen molar-refractivity contribution in [2.24, 2.45) is 0 Å². The van der Waals surface area contributed by atoms with Gasteiger partial charge in [-0.2, -0.15) is 13.2 Å². The van der Waals surface area contributed by atoms with Crippen molar-refractivity contribution in [3.05, 3.63) is 48.3 Å². The van der Waals surface area contributed by atoms with Gasteiger partial charge in [0.2, 0.25) is 21.3 Å². The average Bonchev–Trinajstić information content (AvgIpc) is 2.72. The number of benzene rings is 2. The topological polar surface area (TPSA) is 113 Å². The van der Waals surface area contributed by atoms with E-state index in [1.54, 1.807) is 5.32 Å². The van der Waals surface area contributed by atoms with Crippen molar-refractivity contribution in [3.63, 3.8) is 0 Å². The van der Waals surface area contributed by atoms with Crippen molar-refractivity contribution < 1.29 is 40.7 Å². The Bertz CT molecular complexity index is 1120. The lowest BCUT2D eigenvalue weighted by molar-refractivity contribution is -0.242. The predicted molar refractivity (Wildman–Crippen MR) is 108 cm³/mol. The summed E-state index contributed by atoms with van der Waals surface area (Å²) in [5.74, 6) is -3.33. The van der Waals surface area contributed by atoms with Gasteiger partial charge in [-0.05, 0) is 49.4 Å². The maximum Gasteiger partial charge on any atom is 0.426 e. The number of alkyl halides is 3. The van der Waals surface area contributed by atoms with E-state index >= 15 is 0 Å². The SMILES string of the molecule is CNC(=O)CSc1ccc(S(=O)(=O)c2ccc(NC(=O)[C@@](C)(O)C(F)(F)F)c(F)c2)cc1. The molecule has 0 spiro atoms. The van der Waals surface area contributed by atoms with Gasteiger partial charge in [0.1, 0.15) is 5.82 Å². The zero-order valence-electron chi connectivity index (χ0n) is 16.7. The minimum atomic E-state index is -5.30. The Morgan fingerprint density at radius 1 is 1.06 bits per heavy atom. The number of amides is 2. The van der Waals surface area contributed by atoms with Crippen LogP contribution in [0.15, 0.2) is 57.2 Å². The standard InChI is InChI=1S/C19H18F4N2O5S2/c1-18(28,19(21,22)23)17(27)25-15-8-7-13(9-14(15)20)32(29,30)12-5-3-11(4-6-12)31-10-16(26)24-2/h3-9,28H,10H2,1-2H3,(H,24,26)(H,25,27)/t18-/m1/s1. The highest BCUT2D eigenvalue weighted by molar-refractivity contribution is 8.00. The third kappa shape index (κ3) is 5.58. The molecule has 32 heavy (non-hydrogen) atoms. The first-order valence-electron chi connectivity index (χ1n) is 8.79. The molecule has 13 heteroatoms. The number of thioether (sulfide) groups is 1. The van der Waals surface area contributed by atoms with E-state index < -0.39 is 43.9 Å². The molecule has 0 saturated heterocycles. The molecule has 0 fully saturated rings. The van der Waals surface area contributed by atoms with E-state index in [2.05, 4.69) is 5.32 Å². The lowest BCUT2D eigenvalue weighted by Gasteiger charge is -2.25. The Morgan fingerprint density at radius 2 is 1.62 bits per heavy atom. The molecule has 0 aromatic heterocycles. The smallest absolute Gasteiger partial charge is 0.373 e. The Hall–Kier alpha value is -2.64. The van der Waals surface area contributed by atoms with E-state index in [0.717, 1.165) is 12.1 Å². The summed E-state index contributed by atoms with van der Waals surface area (Å²) in [7, 11) is -2.70. The summed E-state index contributed by atoms with van der Waals surface area (Å²) in [4.78, 5) is 22.9. The summed E-state index contributed by atoms with van der Waals surface area (Å²) >= 11 is 1.17. The van der Waals surface area contributed by atoms with Crippen LogP contribution in [0.3, 0.4) is 0 Å². The zero-order valence-corrected chi connectivity index (χ0v) is 18.3. The molecule has 0 heterocycles. The average molecular weight is 494 g/mol. The summed E-state index contributed by atoms with van der Waals surface area (Å²) in [6, 6.07) is 7.67. The van der Waals surface area contributed by atoms with Gasteiger partial charge in [-0.15, -0.1) is 11.8 Å². The molecule has 2 rings (SSSR count). The molecule has 0 bridgehead atoms. The molecule has 2 amide bonds. The quantitative estimate of drug-likeness (QED) is 0.403. The fraction of sp³-hybridized carbons (Fsp3) is 0.263. The maximum absolute atomic E-state index is 14.3. The first-order valence-corrected chi connectivity index (χ1v) is 11.3. The molecular formula is C19H18F4N2O5S2. The second-order valence-corrected chi connectivity index (χ2v) is 9.60. The number of aliphatic hydroxyl groups is 1. The Balaban J connectivity index is 2.23. The molecule has 0 aliphatic carbocycles. The van der Waals surface area contributed by atoms with Crippen molar-refractivity contribution in [2.45, 2.75) is 33.4 Å². The van der Waals surface area contributed by atoms with Crippen molar-refractivity contribution >= 4 is 39.1 Å². The number of carbonyl (C=O) groups is 2. The van der Waals surface area contributed by atoms with Crippen molar-refractivity contribution in [2.75, 3.05) is 18.1 Å². The van der Waals surface area contributed by atoms with E-state index in [9.17, 15) is 40.7 Å². The number of halogens is 4. The number of anilines is 1. The van der Waals surface area contributed by atoms with E-state index in [1.165, 1.54) is 43.1 Å². The number of hydrogen-bond donors (Lipinski definition) is 3. The van der Waals surface area contributed by atoms with Crippen LogP contribution in [0.5, 0.6) is 0 Å². The molecule has 0 aliphatic rings. The van der Waals surface area contributed by atoms with E-state index in [0.29, 0.717) is 11.0 Å². The van der Waals surface area contributed by atoms with E-state index in [1.807, 2.05) is 0 Å². The van der Waals surface area contributed by atoms with E-state index in [4.69, 9.17) is 0 Å². The Morgan fingerprint density at radius 3 is 2.12 bits per heavy atom. The number of nitrogens with one attached hydrogen (secondary N) is 2. The predicted octanol–water partition coefficient (Wildman–Crippen LogP) is 2.75. The molecule has 2 aromatic carbocycles. The normalized spacial score (nSPS) is 13.8. The van der Waals surface area contributed by atoms with Gasteiger partial charge in [0.05, 0.1) is 21.2 Å². The van der Waals surface area contributed by atoms with E-state index in [-0.39, 0.29) is 23.5 Å². The minimum absolute atomic E-state index is 0.127. The van der Waals surface area contributed by atoms with Crippen LogP contribution in [0.4, 0.5) is 23.2 Å². The zero-order chi connectivity index (χ0) is 24.3. The van der Waals surface area contributed by atoms with Gasteiger partial charge in [-0.25, -0.2) is 12.8 Å². The fourth-order valence-electron chi connectivity index (χ4n) is 2.21. The van der Waals surface area contributed by atoms with Gasteiger partial charge in [-0.3, -0.25) is 9.59 Å². The van der Waals surface area contributed by atoms with Crippen LogP contribution >= 0.6 is 11.8 Å². The van der Waals surface area contributed by atoms with Crippen LogP contribution in [0, 0.1) is 5.82 Å². The van der Waals surface area contributed by atoms with Gasteiger partial charge in [-0.1, -0.05) is 0 Å². The Labute approximate surface area is 185 Å². The van der Waals surface area contributed by atoms with Crippen molar-refractivity contribution in [3.8, 4) is 0 Å². The maximum atomic E-state index is 14.3. The monoisotopic (exact) mass is 494 g/mol. The lowest BCUT2D eigenvalue weighted by Crippen LogP contribution is -2.52. The third-order valence-corrected chi connectivity index (χ3v) is 7.06. The van der Waals surface area contributed by atoms with Crippen molar-refractivity contribution in [1.29, 1.82) is 0 Å². The molecule has 174 valence electrons. The number of hydrogen-bond acceptors (Lipinski definition) is 6. The van der Waals surface area contributed by atoms with Crippen LogP contribution in [0.25, 0.3) is 0 Å². The van der Waals surface area contributed by atoms with Gasteiger partial charge >= 0.3 is 6.18 Å². The van der Waals surface area contributed by atoms with Gasteiger partial charge in [0.15, 0.2) is 0 Å². The fourth-order valence-corrected chi connectivity index (χ4v) is 4.25. The summed E-state index contributed by atoms with van der Waals surface area (Å²) in [5, 5.41) is 13.4. The molecule has 0 aliphatic heterocycles. The van der Waals surface area contributed by atoms with Crippen LogP contribution < -0.4 is 10.6 Å². The molecule has 3 N–H and O–H groups in total. The molecule has 7 nitrogen and oxygen atoms in total. The summed E-state index contributed by atoms with van der Waals surface area (Å²) < 4.78 is 77.9. The number of rotatable bonds is 7. The Kier molecular flexibility index (Phi) is 7.58. The highest BCUT2D eigenvalue weighted by atomic mass is 32.2. The summed E-state index contributed by atoms with van der Waals surface area (Å²) in [5.41, 5.74) is -4.51. The molecule has 0 radical (unpaired) electrons. The minimum Gasteiger partial charge on any atom is -0.373 e. The molecular weight excluding hydrogens is 476 g/mol. The van der Waals surface area contributed by atoms with Gasteiger partial charge < -0.3 is 15.7 Å². The summed E-state index contributed by atoms with van der Waals surface area (Å²) in [6.07, 6.45) is -5.30. The van der Waals surface area contributed by atoms with Crippen molar-refractivity contribution in [1.82, 2.24) is 5.32 Å². The second-order valence-electron chi connectivity index (χ2n) is 6.60. The van der Waals surface area contributed by atoms with Gasteiger partial charge in [0.25, 0.3) is 5.91 Å².